The standard InChI is InChI=1S/C9H12N2O/c10-7-2-1-5(3-8(7)11)6-4-9(6)12/h1-3,6,9,12H,4,10-11H2/t6-,9-/m0/s1. The summed E-state index contributed by atoms with van der Waals surface area (Å²) in [5.41, 5.74) is 13.5. The minimum Gasteiger partial charge on any atom is -0.397 e. The maximum absolute atomic E-state index is 9.17. The van der Waals surface area contributed by atoms with Crippen LogP contribution in [0.3, 0.4) is 0 Å². The van der Waals surface area contributed by atoms with Gasteiger partial charge in [0.25, 0.3) is 0 Å². The Morgan fingerprint density at radius 2 is 1.92 bits per heavy atom. The summed E-state index contributed by atoms with van der Waals surface area (Å²) < 4.78 is 0. The summed E-state index contributed by atoms with van der Waals surface area (Å²) in [6, 6.07) is 5.55. The zero-order chi connectivity index (χ0) is 8.72. The van der Waals surface area contributed by atoms with Gasteiger partial charge in [-0.25, -0.2) is 0 Å². The first-order valence-corrected chi connectivity index (χ1v) is 4.01. The van der Waals surface area contributed by atoms with E-state index in [9.17, 15) is 0 Å². The van der Waals surface area contributed by atoms with E-state index in [1.165, 1.54) is 0 Å². The van der Waals surface area contributed by atoms with Gasteiger partial charge in [0.1, 0.15) is 0 Å². The molecule has 1 aliphatic carbocycles. The Balaban J connectivity index is 2.29. The third-order valence-corrected chi connectivity index (χ3v) is 2.30. The number of hydrogen-bond donors (Lipinski definition) is 3. The van der Waals surface area contributed by atoms with E-state index in [0.717, 1.165) is 12.0 Å². The molecular weight excluding hydrogens is 152 g/mol. The quantitative estimate of drug-likeness (QED) is 0.535. The van der Waals surface area contributed by atoms with Crippen LogP contribution in [0.5, 0.6) is 0 Å². The van der Waals surface area contributed by atoms with Crippen LogP contribution in [0.1, 0.15) is 17.9 Å². The van der Waals surface area contributed by atoms with Crippen molar-refractivity contribution in [3.63, 3.8) is 0 Å². The highest BCUT2D eigenvalue weighted by Gasteiger charge is 2.36. The Bertz CT molecular complexity index is 311. The fourth-order valence-electron chi connectivity index (χ4n) is 1.36. The van der Waals surface area contributed by atoms with Crippen molar-refractivity contribution in [3.05, 3.63) is 23.8 Å². The van der Waals surface area contributed by atoms with Crippen LogP contribution < -0.4 is 11.5 Å². The van der Waals surface area contributed by atoms with Gasteiger partial charge in [-0.15, -0.1) is 0 Å². The molecule has 0 spiro atoms. The molecule has 0 aliphatic heterocycles. The first-order chi connectivity index (χ1) is 5.68. The van der Waals surface area contributed by atoms with E-state index in [2.05, 4.69) is 0 Å². The number of nitrogens with two attached hydrogens (primary N) is 2. The topological polar surface area (TPSA) is 72.3 Å². The van der Waals surface area contributed by atoms with Gasteiger partial charge in [-0.1, -0.05) is 6.07 Å². The molecule has 12 heavy (non-hydrogen) atoms. The first-order valence-electron chi connectivity index (χ1n) is 4.01. The minimum atomic E-state index is -0.173. The largest absolute Gasteiger partial charge is 0.397 e. The van der Waals surface area contributed by atoms with Gasteiger partial charge in [-0.05, 0) is 24.1 Å². The minimum absolute atomic E-state index is 0.173. The van der Waals surface area contributed by atoms with Crippen LogP contribution in [0.2, 0.25) is 0 Å². The second-order valence-corrected chi connectivity index (χ2v) is 3.30. The lowest BCUT2D eigenvalue weighted by molar-refractivity contribution is 0.272. The molecule has 1 saturated carbocycles. The molecule has 0 aromatic heterocycles. The highest BCUT2D eigenvalue weighted by Crippen LogP contribution is 2.41. The van der Waals surface area contributed by atoms with Gasteiger partial charge in [0.05, 0.1) is 17.5 Å². The summed E-state index contributed by atoms with van der Waals surface area (Å²) in [5.74, 6) is 0.285. The molecule has 1 aliphatic rings. The van der Waals surface area contributed by atoms with Crippen molar-refractivity contribution in [2.24, 2.45) is 0 Å². The van der Waals surface area contributed by atoms with Crippen molar-refractivity contribution < 1.29 is 5.11 Å². The molecular formula is C9H12N2O. The van der Waals surface area contributed by atoms with E-state index in [1.54, 1.807) is 6.07 Å². The van der Waals surface area contributed by atoms with Crippen molar-refractivity contribution in [1.82, 2.24) is 0 Å². The summed E-state index contributed by atoms with van der Waals surface area (Å²) >= 11 is 0. The van der Waals surface area contributed by atoms with Crippen LogP contribution in [0.15, 0.2) is 18.2 Å². The lowest BCUT2D eigenvalue weighted by Crippen LogP contribution is -1.96. The molecule has 3 nitrogen and oxygen atoms in total. The SMILES string of the molecule is Nc1ccc([C@@H]2C[C@@H]2O)cc1N. The van der Waals surface area contributed by atoms with Crippen molar-refractivity contribution in [1.29, 1.82) is 0 Å². The normalized spacial score (nSPS) is 27.1. The molecule has 64 valence electrons. The summed E-state index contributed by atoms with van der Waals surface area (Å²) in [6.07, 6.45) is 0.677. The molecule has 0 saturated heterocycles. The number of hydrogen-bond acceptors (Lipinski definition) is 3. The molecule has 0 bridgehead atoms. The van der Waals surface area contributed by atoms with Gasteiger partial charge in [-0.2, -0.15) is 0 Å². The summed E-state index contributed by atoms with van der Waals surface area (Å²) in [6.45, 7) is 0. The lowest BCUT2D eigenvalue weighted by atomic mass is 10.1. The summed E-state index contributed by atoms with van der Waals surface area (Å²) in [5, 5.41) is 9.17. The van der Waals surface area contributed by atoms with E-state index in [-0.39, 0.29) is 12.0 Å². The van der Waals surface area contributed by atoms with E-state index in [4.69, 9.17) is 16.6 Å². The molecule has 0 heterocycles. The molecule has 2 rings (SSSR count). The Kier molecular flexibility index (Phi) is 1.48. The molecule has 0 amide bonds. The number of anilines is 2. The third kappa shape index (κ3) is 1.12. The second kappa shape index (κ2) is 2.38. The van der Waals surface area contributed by atoms with E-state index in [1.807, 2.05) is 12.1 Å². The van der Waals surface area contributed by atoms with E-state index >= 15 is 0 Å². The predicted octanol–water partition coefficient (Wildman–Crippen LogP) is 0.699. The monoisotopic (exact) mass is 164 g/mol. The van der Waals surface area contributed by atoms with Gasteiger partial charge < -0.3 is 16.6 Å². The number of nitrogen functional groups attached to an aromatic ring is 2. The van der Waals surface area contributed by atoms with Gasteiger partial charge in [0.2, 0.25) is 0 Å². The second-order valence-electron chi connectivity index (χ2n) is 3.30. The Labute approximate surface area is 71.0 Å². The van der Waals surface area contributed by atoms with Crippen LogP contribution >= 0.6 is 0 Å². The Morgan fingerprint density at radius 3 is 2.42 bits per heavy atom. The maximum Gasteiger partial charge on any atom is 0.0616 e. The maximum atomic E-state index is 9.17. The van der Waals surface area contributed by atoms with Crippen molar-refractivity contribution >= 4 is 11.4 Å². The fraction of sp³-hybridized carbons (Fsp3) is 0.333. The number of rotatable bonds is 1. The lowest BCUT2D eigenvalue weighted by Gasteiger charge is -2.02. The van der Waals surface area contributed by atoms with Crippen LogP contribution in [-0.2, 0) is 0 Å². The predicted molar refractivity (Wildman–Crippen MR) is 48.6 cm³/mol. The summed E-state index contributed by atoms with van der Waals surface area (Å²) in [4.78, 5) is 0. The highest BCUT2D eigenvalue weighted by atomic mass is 16.3. The van der Waals surface area contributed by atoms with Crippen molar-refractivity contribution in [2.75, 3.05) is 11.5 Å². The van der Waals surface area contributed by atoms with E-state index in [0.29, 0.717) is 11.4 Å². The molecule has 1 aromatic rings. The van der Waals surface area contributed by atoms with Gasteiger partial charge in [0.15, 0.2) is 0 Å². The molecule has 3 heteroatoms. The van der Waals surface area contributed by atoms with Crippen LogP contribution in [0, 0.1) is 0 Å². The molecule has 0 unspecified atom stereocenters. The van der Waals surface area contributed by atoms with Gasteiger partial charge in [0, 0.05) is 5.92 Å². The molecule has 0 radical (unpaired) electrons. The average molecular weight is 164 g/mol. The van der Waals surface area contributed by atoms with Crippen molar-refractivity contribution in [3.8, 4) is 0 Å². The zero-order valence-corrected chi connectivity index (χ0v) is 6.70. The highest BCUT2D eigenvalue weighted by molar-refractivity contribution is 5.64. The van der Waals surface area contributed by atoms with Crippen LogP contribution in [0.4, 0.5) is 11.4 Å². The number of benzene rings is 1. The Hall–Kier alpha value is -1.22. The van der Waals surface area contributed by atoms with Gasteiger partial charge >= 0.3 is 0 Å². The summed E-state index contributed by atoms with van der Waals surface area (Å²) in [7, 11) is 0. The third-order valence-electron chi connectivity index (χ3n) is 2.30. The average Bonchev–Trinajstić information content (AvgIpc) is 2.73. The smallest absolute Gasteiger partial charge is 0.0616 e. The van der Waals surface area contributed by atoms with E-state index < -0.39 is 0 Å². The Morgan fingerprint density at radius 1 is 1.25 bits per heavy atom. The first kappa shape index (κ1) is 7.43. The van der Waals surface area contributed by atoms with Gasteiger partial charge in [-0.3, -0.25) is 0 Å². The zero-order valence-electron chi connectivity index (χ0n) is 6.70. The fourth-order valence-corrected chi connectivity index (χ4v) is 1.36. The van der Waals surface area contributed by atoms with Crippen LogP contribution in [-0.4, -0.2) is 11.2 Å². The number of aliphatic hydroxyl groups excluding tert-OH is 1. The molecule has 1 aromatic carbocycles. The molecule has 1 fully saturated rings. The van der Waals surface area contributed by atoms with Crippen LogP contribution in [0.25, 0.3) is 0 Å². The molecule has 5 N–H and O–H groups in total. The molecule has 2 atom stereocenters. The van der Waals surface area contributed by atoms with Crippen molar-refractivity contribution in [2.45, 2.75) is 18.4 Å². The number of aliphatic hydroxyl groups is 1.